The lowest BCUT2D eigenvalue weighted by Gasteiger charge is -2.17. The Morgan fingerprint density at radius 1 is 1.24 bits per heavy atom. The van der Waals surface area contributed by atoms with Crippen molar-refractivity contribution in [3.8, 4) is 11.5 Å². The summed E-state index contributed by atoms with van der Waals surface area (Å²) in [6.07, 6.45) is 2.19. The Balaban J connectivity index is 1.92. The first kappa shape index (κ1) is 20.4. The van der Waals surface area contributed by atoms with E-state index in [4.69, 9.17) is 14.2 Å². The van der Waals surface area contributed by atoms with Crippen LogP contribution in [0.2, 0.25) is 0 Å². The number of carbonyl (C=O) groups is 1. The van der Waals surface area contributed by atoms with Crippen molar-refractivity contribution in [2.24, 2.45) is 0 Å². The first-order chi connectivity index (χ1) is 14.1. The number of methoxy groups -OCH3 is 2. The van der Waals surface area contributed by atoms with E-state index >= 15 is 0 Å². The number of rotatable bonds is 9. The monoisotopic (exact) mass is 399 g/mol. The number of anilines is 1. The quantitative estimate of drug-likeness (QED) is 0.548. The zero-order chi connectivity index (χ0) is 20.8. The smallest absolute Gasteiger partial charge is 0.306 e. The third-order valence-electron chi connectivity index (χ3n) is 4.55. The lowest BCUT2D eigenvalue weighted by atomic mass is 10.1. The Hall–Kier alpha value is -3.36. The van der Waals surface area contributed by atoms with E-state index in [2.05, 4.69) is 20.4 Å². The summed E-state index contributed by atoms with van der Waals surface area (Å²) in [5.74, 6) is 2.30. The summed E-state index contributed by atoms with van der Waals surface area (Å²) in [6.45, 7) is 4.51. The molecular weight excluding hydrogens is 374 g/mol. The maximum atomic E-state index is 11.9. The normalized spacial score (nSPS) is 10.8. The second-order valence-corrected chi connectivity index (χ2v) is 6.31. The van der Waals surface area contributed by atoms with Crippen LogP contribution in [-0.2, 0) is 22.5 Å². The van der Waals surface area contributed by atoms with Crippen LogP contribution >= 0.6 is 0 Å². The second kappa shape index (κ2) is 9.22. The average molecular weight is 399 g/mol. The molecule has 0 saturated heterocycles. The van der Waals surface area contributed by atoms with Gasteiger partial charge in [0.05, 0.1) is 20.8 Å². The minimum atomic E-state index is -0.244. The fourth-order valence-electron chi connectivity index (χ4n) is 3.20. The largest absolute Gasteiger partial charge is 0.493 e. The predicted octanol–water partition coefficient (Wildman–Crippen LogP) is 2.56. The van der Waals surface area contributed by atoms with E-state index in [9.17, 15) is 4.79 Å². The van der Waals surface area contributed by atoms with Gasteiger partial charge in [-0.25, -0.2) is 4.98 Å². The van der Waals surface area contributed by atoms with E-state index in [0.29, 0.717) is 36.8 Å². The van der Waals surface area contributed by atoms with Crippen molar-refractivity contribution < 1.29 is 19.0 Å². The molecule has 0 spiro atoms. The number of aromatic nitrogens is 4. The van der Waals surface area contributed by atoms with Crippen molar-refractivity contribution in [2.45, 2.75) is 33.2 Å². The Morgan fingerprint density at radius 2 is 2.07 bits per heavy atom. The highest BCUT2D eigenvalue weighted by Crippen LogP contribution is 2.31. The molecule has 29 heavy (non-hydrogen) atoms. The van der Waals surface area contributed by atoms with E-state index in [1.165, 1.54) is 6.33 Å². The summed E-state index contributed by atoms with van der Waals surface area (Å²) in [6, 6.07) is 5.71. The van der Waals surface area contributed by atoms with Crippen LogP contribution in [0.4, 0.5) is 5.82 Å². The van der Waals surface area contributed by atoms with Crippen molar-refractivity contribution in [3.63, 3.8) is 0 Å². The highest BCUT2D eigenvalue weighted by atomic mass is 16.5. The van der Waals surface area contributed by atoms with Gasteiger partial charge in [0, 0.05) is 29.8 Å². The molecule has 0 aliphatic rings. The van der Waals surface area contributed by atoms with Crippen LogP contribution in [-0.4, -0.2) is 46.4 Å². The van der Waals surface area contributed by atoms with Gasteiger partial charge in [-0.1, -0.05) is 12.1 Å². The molecule has 3 rings (SSSR count). The van der Waals surface area contributed by atoms with Gasteiger partial charge in [-0.05, 0) is 26.3 Å². The van der Waals surface area contributed by atoms with E-state index in [1.54, 1.807) is 25.7 Å². The fourth-order valence-corrected chi connectivity index (χ4v) is 3.20. The molecule has 0 unspecified atom stereocenters. The van der Waals surface area contributed by atoms with E-state index in [1.807, 2.05) is 25.1 Å². The van der Waals surface area contributed by atoms with Crippen LogP contribution in [0.5, 0.6) is 11.5 Å². The lowest BCUT2D eigenvalue weighted by Crippen LogP contribution is -2.14. The summed E-state index contributed by atoms with van der Waals surface area (Å²) in [5.41, 5.74) is 2.60. The number of hydrogen-bond donors (Lipinski definition) is 1. The number of esters is 1. The molecule has 1 aromatic carbocycles. The molecule has 2 heterocycles. The van der Waals surface area contributed by atoms with Crippen molar-refractivity contribution >= 4 is 17.6 Å². The molecule has 0 amide bonds. The number of para-hydroxylation sites is 1. The Kier molecular flexibility index (Phi) is 6.48. The molecule has 3 aromatic rings. The molecule has 1 N–H and O–H groups in total. The van der Waals surface area contributed by atoms with Gasteiger partial charge in [-0.2, -0.15) is 14.6 Å². The molecular formula is C20H25N5O4. The van der Waals surface area contributed by atoms with Gasteiger partial charge in [-0.3, -0.25) is 4.79 Å². The van der Waals surface area contributed by atoms with E-state index < -0.39 is 0 Å². The van der Waals surface area contributed by atoms with Crippen LogP contribution in [0, 0.1) is 6.92 Å². The Morgan fingerprint density at radius 3 is 2.79 bits per heavy atom. The number of aryl methyl sites for hydroxylation is 1. The first-order valence-corrected chi connectivity index (χ1v) is 9.37. The molecule has 0 bridgehead atoms. The number of nitrogens with zero attached hydrogens (tertiary/aromatic N) is 4. The topological polar surface area (TPSA) is 99.9 Å². The molecule has 9 heteroatoms. The number of ether oxygens (including phenoxy) is 3. The van der Waals surface area contributed by atoms with Crippen LogP contribution < -0.4 is 14.8 Å². The molecule has 0 fully saturated rings. The number of fused-ring (bicyclic) bond motifs is 1. The number of hydrogen-bond acceptors (Lipinski definition) is 8. The molecule has 2 aromatic heterocycles. The summed E-state index contributed by atoms with van der Waals surface area (Å²) >= 11 is 0. The molecule has 9 nitrogen and oxygen atoms in total. The summed E-state index contributed by atoms with van der Waals surface area (Å²) < 4.78 is 17.6. The third kappa shape index (κ3) is 4.39. The Bertz CT molecular complexity index is 1000. The first-order valence-electron chi connectivity index (χ1n) is 9.37. The Labute approximate surface area is 169 Å². The van der Waals surface area contributed by atoms with Gasteiger partial charge in [0.2, 0.25) is 0 Å². The van der Waals surface area contributed by atoms with Crippen molar-refractivity contribution in [1.29, 1.82) is 0 Å². The van der Waals surface area contributed by atoms with Crippen LogP contribution in [0.1, 0.15) is 30.2 Å². The average Bonchev–Trinajstić information content (AvgIpc) is 3.18. The molecule has 0 radical (unpaired) electrons. The number of carbonyl (C=O) groups excluding carboxylic acids is 1. The fraction of sp³-hybridized carbons (Fsp3) is 0.400. The molecule has 0 saturated carbocycles. The third-order valence-corrected chi connectivity index (χ3v) is 4.55. The summed E-state index contributed by atoms with van der Waals surface area (Å²) in [5, 5.41) is 7.69. The summed E-state index contributed by atoms with van der Waals surface area (Å²) in [4.78, 5) is 20.5. The lowest BCUT2D eigenvalue weighted by molar-refractivity contribution is -0.143. The van der Waals surface area contributed by atoms with Gasteiger partial charge >= 0.3 is 5.97 Å². The van der Waals surface area contributed by atoms with Crippen LogP contribution in [0.3, 0.4) is 0 Å². The molecule has 0 aliphatic carbocycles. The maximum Gasteiger partial charge on any atom is 0.306 e. The molecule has 0 aliphatic heterocycles. The van der Waals surface area contributed by atoms with E-state index in [0.717, 1.165) is 22.6 Å². The van der Waals surface area contributed by atoms with Gasteiger partial charge < -0.3 is 19.5 Å². The zero-order valence-electron chi connectivity index (χ0n) is 17.1. The number of benzene rings is 1. The van der Waals surface area contributed by atoms with Crippen molar-refractivity contribution in [3.05, 3.63) is 41.3 Å². The minimum absolute atomic E-state index is 0.244. The van der Waals surface area contributed by atoms with Gasteiger partial charge in [0.15, 0.2) is 11.5 Å². The van der Waals surface area contributed by atoms with Crippen LogP contribution in [0.15, 0.2) is 24.5 Å². The van der Waals surface area contributed by atoms with Crippen LogP contribution in [0.25, 0.3) is 5.78 Å². The second-order valence-electron chi connectivity index (χ2n) is 6.31. The highest BCUT2D eigenvalue weighted by Gasteiger charge is 2.17. The van der Waals surface area contributed by atoms with E-state index in [-0.39, 0.29) is 12.4 Å². The standard InChI is InChI=1S/C20H25N5O4/c1-5-29-17(26)10-9-15-13(2)24-20-22-12-23-25(20)19(15)21-11-14-7-6-8-16(27-3)18(14)28-4/h6-8,12,21H,5,9-11H2,1-4H3. The van der Waals surface area contributed by atoms with Gasteiger partial charge in [-0.15, -0.1) is 0 Å². The van der Waals surface area contributed by atoms with Crippen molar-refractivity contribution in [2.75, 3.05) is 26.1 Å². The SMILES string of the molecule is CCOC(=O)CCc1c(C)nc2ncnn2c1NCc1cccc(OC)c1OC. The van der Waals surface area contributed by atoms with Crippen molar-refractivity contribution in [1.82, 2.24) is 19.6 Å². The van der Waals surface area contributed by atoms with Gasteiger partial charge in [0.25, 0.3) is 5.78 Å². The number of nitrogens with one attached hydrogen (secondary N) is 1. The summed E-state index contributed by atoms with van der Waals surface area (Å²) in [7, 11) is 3.21. The van der Waals surface area contributed by atoms with Gasteiger partial charge in [0.1, 0.15) is 12.1 Å². The predicted molar refractivity (Wildman–Crippen MR) is 107 cm³/mol. The minimum Gasteiger partial charge on any atom is -0.493 e. The maximum absolute atomic E-state index is 11.9. The molecule has 0 atom stereocenters. The zero-order valence-corrected chi connectivity index (χ0v) is 17.1. The highest BCUT2D eigenvalue weighted by molar-refractivity contribution is 5.70. The molecule has 154 valence electrons.